The van der Waals surface area contributed by atoms with E-state index < -0.39 is 0 Å². The third-order valence-corrected chi connectivity index (χ3v) is 4.72. The number of thioether (sulfide) groups is 2. The van der Waals surface area contributed by atoms with Crippen LogP contribution in [-0.2, 0) is 4.79 Å². The van der Waals surface area contributed by atoms with E-state index in [1.807, 2.05) is 0 Å². The van der Waals surface area contributed by atoms with Crippen LogP contribution in [-0.4, -0.2) is 28.3 Å². The molecule has 1 amide bonds. The number of nitrogens with one attached hydrogen (secondary N) is 1. The van der Waals surface area contributed by atoms with Crippen LogP contribution in [0.2, 0.25) is 10.0 Å². The Balaban J connectivity index is 1.86. The van der Waals surface area contributed by atoms with Gasteiger partial charge >= 0.3 is 0 Å². The predicted molar refractivity (Wildman–Crippen MR) is 82.3 cm³/mol. The molecule has 0 saturated carbocycles. The Morgan fingerprint density at radius 3 is 2.72 bits per heavy atom. The van der Waals surface area contributed by atoms with Crippen molar-refractivity contribution in [3.8, 4) is 0 Å². The minimum absolute atomic E-state index is 0.0893. The van der Waals surface area contributed by atoms with E-state index in [0.717, 1.165) is 16.7 Å². The van der Waals surface area contributed by atoms with Gasteiger partial charge in [0, 0.05) is 21.5 Å². The smallest absolute Gasteiger partial charge is 0.234 e. The highest BCUT2D eigenvalue weighted by molar-refractivity contribution is 8.39. The molecule has 0 saturated heterocycles. The molecule has 96 valence electrons. The van der Waals surface area contributed by atoms with Crippen molar-refractivity contribution in [2.45, 2.75) is 0 Å². The quantitative estimate of drug-likeness (QED) is 0.921. The molecule has 0 aliphatic carbocycles. The van der Waals surface area contributed by atoms with Gasteiger partial charge in [0.05, 0.1) is 12.3 Å². The lowest BCUT2D eigenvalue weighted by Crippen LogP contribution is -2.14. The Kier molecular flexibility index (Phi) is 5.24. The lowest BCUT2D eigenvalue weighted by molar-refractivity contribution is -0.113. The average Bonchev–Trinajstić information content (AvgIpc) is 2.77. The maximum atomic E-state index is 11.7. The van der Waals surface area contributed by atoms with Gasteiger partial charge in [0.25, 0.3) is 0 Å². The van der Waals surface area contributed by atoms with Crippen LogP contribution in [0.5, 0.6) is 0 Å². The van der Waals surface area contributed by atoms with Gasteiger partial charge in [-0.2, -0.15) is 0 Å². The fourth-order valence-electron chi connectivity index (χ4n) is 1.35. The first-order valence-corrected chi connectivity index (χ1v) is 7.92. The van der Waals surface area contributed by atoms with Gasteiger partial charge in [-0.3, -0.25) is 9.79 Å². The molecule has 3 nitrogen and oxygen atoms in total. The molecular formula is C11H10Cl2N2OS2. The monoisotopic (exact) mass is 320 g/mol. The third kappa shape index (κ3) is 4.39. The van der Waals surface area contributed by atoms with Gasteiger partial charge in [0.1, 0.15) is 4.38 Å². The van der Waals surface area contributed by atoms with E-state index in [1.54, 1.807) is 30.0 Å². The summed E-state index contributed by atoms with van der Waals surface area (Å²) in [5, 5.41) is 3.76. The van der Waals surface area contributed by atoms with Crippen LogP contribution in [0, 0.1) is 0 Å². The lowest BCUT2D eigenvalue weighted by atomic mass is 10.3. The van der Waals surface area contributed by atoms with Crippen molar-refractivity contribution in [2.24, 2.45) is 4.99 Å². The first-order valence-electron chi connectivity index (χ1n) is 5.19. The highest BCUT2D eigenvalue weighted by Crippen LogP contribution is 2.24. The van der Waals surface area contributed by atoms with Crippen molar-refractivity contribution in [3.05, 3.63) is 28.2 Å². The molecule has 0 unspecified atom stereocenters. The van der Waals surface area contributed by atoms with Crippen molar-refractivity contribution >= 4 is 62.7 Å². The molecule has 1 aliphatic rings. The summed E-state index contributed by atoms with van der Waals surface area (Å²) in [5.74, 6) is 1.26. The standard InChI is InChI=1S/C11H10Cl2N2OS2/c12-7-3-8(13)5-9(4-7)15-10(16)6-18-11-14-1-2-17-11/h3-5H,1-2,6H2,(H,15,16). The van der Waals surface area contributed by atoms with E-state index in [9.17, 15) is 4.79 Å². The second kappa shape index (κ2) is 6.70. The molecule has 0 atom stereocenters. The molecule has 0 fully saturated rings. The number of nitrogens with zero attached hydrogens (tertiary/aromatic N) is 1. The van der Waals surface area contributed by atoms with Gasteiger partial charge in [0.2, 0.25) is 5.91 Å². The number of rotatable bonds is 3. The van der Waals surface area contributed by atoms with Crippen LogP contribution < -0.4 is 5.32 Å². The van der Waals surface area contributed by atoms with E-state index in [0.29, 0.717) is 21.5 Å². The van der Waals surface area contributed by atoms with E-state index in [1.165, 1.54) is 11.8 Å². The zero-order chi connectivity index (χ0) is 13.0. The summed E-state index contributed by atoms with van der Waals surface area (Å²) >= 11 is 14.8. The van der Waals surface area contributed by atoms with Crippen LogP contribution in [0.15, 0.2) is 23.2 Å². The number of hydrogen-bond donors (Lipinski definition) is 1. The lowest BCUT2D eigenvalue weighted by Gasteiger charge is -2.06. The zero-order valence-corrected chi connectivity index (χ0v) is 12.4. The molecule has 1 heterocycles. The van der Waals surface area contributed by atoms with Crippen LogP contribution in [0.4, 0.5) is 5.69 Å². The van der Waals surface area contributed by atoms with E-state index in [2.05, 4.69) is 10.3 Å². The Bertz CT molecular complexity index is 474. The Hall–Kier alpha value is -0.360. The normalized spacial score (nSPS) is 14.4. The summed E-state index contributed by atoms with van der Waals surface area (Å²) in [4.78, 5) is 16.0. The van der Waals surface area contributed by atoms with E-state index in [4.69, 9.17) is 23.2 Å². The minimum Gasteiger partial charge on any atom is -0.325 e. The van der Waals surface area contributed by atoms with Crippen molar-refractivity contribution in [1.29, 1.82) is 0 Å². The molecular weight excluding hydrogens is 311 g/mol. The van der Waals surface area contributed by atoms with Gasteiger partial charge in [-0.25, -0.2) is 0 Å². The zero-order valence-electron chi connectivity index (χ0n) is 9.28. The van der Waals surface area contributed by atoms with Crippen molar-refractivity contribution in [1.82, 2.24) is 0 Å². The fraction of sp³-hybridized carbons (Fsp3) is 0.273. The van der Waals surface area contributed by atoms with Gasteiger partial charge < -0.3 is 5.32 Å². The molecule has 1 aromatic rings. The summed E-state index contributed by atoms with van der Waals surface area (Å²) in [6.45, 7) is 0.846. The Labute approximate surface area is 124 Å². The highest BCUT2D eigenvalue weighted by atomic mass is 35.5. The molecule has 0 aromatic heterocycles. The fourth-order valence-corrected chi connectivity index (χ4v) is 3.69. The second-order valence-electron chi connectivity index (χ2n) is 3.49. The third-order valence-electron chi connectivity index (χ3n) is 2.03. The number of carbonyl (C=O) groups excluding carboxylic acids is 1. The van der Waals surface area contributed by atoms with Gasteiger partial charge in [-0.1, -0.05) is 46.7 Å². The molecule has 18 heavy (non-hydrogen) atoms. The molecule has 1 aliphatic heterocycles. The van der Waals surface area contributed by atoms with Gasteiger partial charge in [0.15, 0.2) is 0 Å². The van der Waals surface area contributed by atoms with Crippen molar-refractivity contribution in [2.75, 3.05) is 23.4 Å². The molecule has 0 bridgehead atoms. The summed E-state index contributed by atoms with van der Waals surface area (Å²) in [6, 6.07) is 4.95. The van der Waals surface area contributed by atoms with Crippen LogP contribution >= 0.6 is 46.7 Å². The number of hydrogen-bond acceptors (Lipinski definition) is 4. The number of benzene rings is 1. The largest absolute Gasteiger partial charge is 0.325 e. The SMILES string of the molecule is O=C(CSC1=NCCS1)Nc1cc(Cl)cc(Cl)c1. The van der Waals surface area contributed by atoms with Crippen LogP contribution in [0.25, 0.3) is 0 Å². The molecule has 0 spiro atoms. The summed E-state index contributed by atoms with van der Waals surface area (Å²) in [6.07, 6.45) is 0. The molecule has 2 rings (SSSR count). The summed E-state index contributed by atoms with van der Waals surface area (Å²) < 4.78 is 0.981. The van der Waals surface area contributed by atoms with E-state index >= 15 is 0 Å². The second-order valence-corrected chi connectivity index (χ2v) is 6.67. The first kappa shape index (κ1) is 14.1. The number of aliphatic imine (C=N–C) groups is 1. The van der Waals surface area contributed by atoms with Crippen molar-refractivity contribution < 1.29 is 4.79 Å². The number of carbonyl (C=O) groups is 1. The maximum Gasteiger partial charge on any atom is 0.234 e. The predicted octanol–water partition coefficient (Wildman–Crippen LogP) is 3.77. The van der Waals surface area contributed by atoms with Gasteiger partial charge in [-0.15, -0.1) is 0 Å². The Morgan fingerprint density at radius 2 is 2.11 bits per heavy atom. The molecule has 1 N–H and O–H groups in total. The number of halogens is 2. The topological polar surface area (TPSA) is 41.5 Å². The first-order chi connectivity index (χ1) is 8.63. The Morgan fingerprint density at radius 1 is 1.39 bits per heavy atom. The molecule has 1 aromatic carbocycles. The molecule has 7 heteroatoms. The van der Waals surface area contributed by atoms with Crippen LogP contribution in [0.3, 0.4) is 0 Å². The van der Waals surface area contributed by atoms with Crippen molar-refractivity contribution in [3.63, 3.8) is 0 Å². The summed E-state index contributed by atoms with van der Waals surface area (Å²) in [7, 11) is 0. The van der Waals surface area contributed by atoms with E-state index in [-0.39, 0.29) is 5.91 Å². The maximum absolute atomic E-state index is 11.7. The molecule has 0 radical (unpaired) electrons. The number of anilines is 1. The average molecular weight is 321 g/mol. The van der Waals surface area contributed by atoms with Gasteiger partial charge in [-0.05, 0) is 18.2 Å². The minimum atomic E-state index is -0.0893. The summed E-state index contributed by atoms with van der Waals surface area (Å²) in [5.41, 5.74) is 0.610. The number of amides is 1. The van der Waals surface area contributed by atoms with Crippen LogP contribution in [0.1, 0.15) is 0 Å². The highest BCUT2D eigenvalue weighted by Gasteiger charge is 2.11.